The molecule has 1 aliphatic carbocycles. The summed E-state index contributed by atoms with van der Waals surface area (Å²) in [5.41, 5.74) is 0.720. The minimum Gasteiger partial charge on any atom is -0.374 e. The van der Waals surface area contributed by atoms with Gasteiger partial charge in [-0.2, -0.15) is 0 Å². The van der Waals surface area contributed by atoms with Crippen molar-refractivity contribution in [1.29, 1.82) is 0 Å². The zero-order valence-corrected chi connectivity index (χ0v) is 11.1. The van der Waals surface area contributed by atoms with Crippen LogP contribution in [0.2, 0.25) is 0 Å². The number of ether oxygens (including phenoxy) is 1. The van der Waals surface area contributed by atoms with E-state index in [9.17, 15) is 4.39 Å². The highest BCUT2D eigenvalue weighted by Gasteiger charge is 2.32. The first-order valence-electron chi connectivity index (χ1n) is 7.13. The number of hydrogen-bond donors (Lipinski definition) is 1. The van der Waals surface area contributed by atoms with Gasteiger partial charge in [0.15, 0.2) is 0 Å². The molecule has 0 bridgehead atoms. The van der Waals surface area contributed by atoms with Gasteiger partial charge in [-0.1, -0.05) is 18.2 Å². The standard InChI is InChI=1S/C15H21FN2O/c16-15-4-2-1-3-12(15)9-17-10-14-11-18(7-8-19-14)13-5-6-13/h1-4,13-14,17H,5-11H2/t14-/m0/s1. The van der Waals surface area contributed by atoms with Crippen molar-refractivity contribution < 1.29 is 9.13 Å². The highest BCUT2D eigenvalue weighted by Crippen LogP contribution is 2.28. The molecule has 2 aliphatic rings. The van der Waals surface area contributed by atoms with Gasteiger partial charge in [0.05, 0.1) is 12.7 Å². The summed E-state index contributed by atoms with van der Waals surface area (Å²) in [4.78, 5) is 2.53. The molecule has 2 fully saturated rings. The van der Waals surface area contributed by atoms with E-state index in [4.69, 9.17) is 4.74 Å². The van der Waals surface area contributed by atoms with Gasteiger partial charge >= 0.3 is 0 Å². The minimum absolute atomic E-state index is 0.140. The summed E-state index contributed by atoms with van der Waals surface area (Å²) in [5, 5.41) is 3.30. The second-order valence-corrected chi connectivity index (χ2v) is 5.44. The normalized spacial score (nSPS) is 24.6. The third-order valence-electron chi connectivity index (χ3n) is 3.88. The Hall–Kier alpha value is -0.970. The van der Waals surface area contributed by atoms with Crippen LogP contribution in [0.3, 0.4) is 0 Å². The molecule has 1 heterocycles. The number of nitrogens with one attached hydrogen (secondary N) is 1. The Morgan fingerprint density at radius 1 is 1.32 bits per heavy atom. The second kappa shape index (κ2) is 5.99. The number of morpholine rings is 1. The summed E-state index contributed by atoms with van der Waals surface area (Å²) >= 11 is 0. The van der Waals surface area contributed by atoms with E-state index in [0.717, 1.165) is 37.8 Å². The topological polar surface area (TPSA) is 24.5 Å². The van der Waals surface area contributed by atoms with Gasteiger partial charge in [-0.25, -0.2) is 4.39 Å². The van der Waals surface area contributed by atoms with E-state index in [-0.39, 0.29) is 11.9 Å². The molecule has 0 amide bonds. The van der Waals surface area contributed by atoms with Crippen molar-refractivity contribution >= 4 is 0 Å². The maximum absolute atomic E-state index is 13.5. The number of hydrogen-bond acceptors (Lipinski definition) is 3. The summed E-state index contributed by atoms with van der Waals surface area (Å²) in [7, 11) is 0. The van der Waals surface area contributed by atoms with Crippen molar-refractivity contribution in [3.05, 3.63) is 35.6 Å². The molecule has 3 rings (SSSR count). The Morgan fingerprint density at radius 3 is 2.95 bits per heavy atom. The lowest BCUT2D eigenvalue weighted by Crippen LogP contribution is -2.47. The molecular weight excluding hydrogens is 243 g/mol. The molecular formula is C15H21FN2O. The quantitative estimate of drug-likeness (QED) is 0.877. The van der Waals surface area contributed by atoms with Crippen LogP contribution in [-0.2, 0) is 11.3 Å². The fraction of sp³-hybridized carbons (Fsp3) is 0.600. The van der Waals surface area contributed by atoms with Gasteiger partial charge < -0.3 is 10.1 Å². The number of nitrogens with zero attached hydrogens (tertiary/aromatic N) is 1. The lowest BCUT2D eigenvalue weighted by Gasteiger charge is -2.33. The zero-order chi connectivity index (χ0) is 13.1. The van der Waals surface area contributed by atoms with Crippen LogP contribution in [0.4, 0.5) is 4.39 Å². The molecule has 1 atom stereocenters. The number of benzene rings is 1. The Bertz CT molecular complexity index is 422. The first-order chi connectivity index (χ1) is 9.33. The molecule has 0 spiro atoms. The Balaban J connectivity index is 1.43. The van der Waals surface area contributed by atoms with Gasteiger partial charge in [0.2, 0.25) is 0 Å². The fourth-order valence-corrected chi connectivity index (χ4v) is 2.65. The van der Waals surface area contributed by atoms with Crippen LogP contribution in [0.1, 0.15) is 18.4 Å². The fourth-order valence-electron chi connectivity index (χ4n) is 2.65. The van der Waals surface area contributed by atoms with Crippen LogP contribution in [0.5, 0.6) is 0 Å². The van der Waals surface area contributed by atoms with E-state index in [2.05, 4.69) is 10.2 Å². The van der Waals surface area contributed by atoms with Crippen LogP contribution < -0.4 is 5.32 Å². The average molecular weight is 264 g/mol. The van der Waals surface area contributed by atoms with Crippen LogP contribution in [0.15, 0.2) is 24.3 Å². The van der Waals surface area contributed by atoms with E-state index in [1.54, 1.807) is 6.07 Å². The molecule has 1 saturated heterocycles. The van der Waals surface area contributed by atoms with Gasteiger partial charge in [0, 0.05) is 37.8 Å². The van der Waals surface area contributed by atoms with Crippen molar-refractivity contribution in [3.8, 4) is 0 Å². The van der Waals surface area contributed by atoms with Crippen molar-refractivity contribution in [2.75, 3.05) is 26.2 Å². The molecule has 0 aromatic heterocycles. The summed E-state index contributed by atoms with van der Waals surface area (Å²) < 4.78 is 19.2. The van der Waals surface area contributed by atoms with Crippen LogP contribution in [-0.4, -0.2) is 43.3 Å². The van der Waals surface area contributed by atoms with Crippen molar-refractivity contribution in [2.45, 2.75) is 31.5 Å². The molecule has 1 aromatic carbocycles. The Kier molecular flexibility index (Phi) is 4.11. The average Bonchev–Trinajstić information content (AvgIpc) is 3.26. The molecule has 1 aromatic rings. The molecule has 3 nitrogen and oxygen atoms in total. The van der Waals surface area contributed by atoms with E-state index < -0.39 is 0 Å². The van der Waals surface area contributed by atoms with Gasteiger partial charge in [0.25, 0.3) is 0 Å². The largest absolute Gasteiger partial charge is 0.374 e. The summed E-state index contributed by atoms with van der Waals surface area (Å²) in [5.74, 6) is -0.140. The highest BCUT2D eigenvalue weighted by atomic mass is 19.1. The predicted octanol–water partition coefficient (Wildman–Crippen LogP) is 1.78. The highest BCUT2D eigenvalue weighted by molar-refractivity contribution is 5.16. The van der Waals surface area contributed by atoms with Gasteiger partial charge in [0.1, 0.15) is 5.82 Å². The summed E-state index contributed by atoms with van der Waals surface area (Å²) in [6.45, 7) is 4.25. The number of rotatable bonds is 5. The maximum atomic E-state index is 13.5. The van der Waals surface area contributed by atoms with Gasteiger partial charge in [-0.05, 0) is 18.9 Å². The molecule has 19 heavy (non-hydrogen) atoms. The van der Waals surface area contributed by atoms with Crippen LogP contribution in [0.25, 0.3) is 0 Å². The molecule has 4 heteroatoms. The van der Waals surface area contributed by atoms with Crippen LogP contribution in [0, 0.1) is 5.82 Å². The van der Waals surface area contributed by atoms with Crippen molar-refractivity contribution in [2.24, 2.45) is 0 Å². The van der Waals surface area contributed by atoms with Crippen molar-refractivity contribution in [3.63, 3.8) is 0 Å². The van der Waals surface area contributed by atoms with Crippen molar-refractivity contribution in [1.82, 2.24) is 10.2 Å². The first-order valence-corrected chi connectivity index (χ1v) is 7.13. The monoisotopic (exact) mass is 264 g/mol. The molecule has 104 valence electrons. The molecule has 1 aliphatic heterocycles. The van der Waals surface area contributed by atoms with E-state index in [1.807, 2.05) is 12.1 Å². The lowest BCUT2D eigenvalue weighted by atomic mass is 10.2. The minimum atomic E-state index is -0.140. The molecule has 0 unspecified atom stereocenters. The summed E-state index contributed by atoms with van der Waals surface area (Å²) in [6, 6.07) is 7.71. The molecule has 1 N–H and O–H groups in total. The van der Waals surface area contributed by atoms with E-state index in [1.165, 1.54) is 18.9 Å². The Labute approximate surface area is 113 Å². The maximum Gasteiger partial charge on any atom is 0.127 e. The Morgan fingerprint density at radius 2 is 2.16 bits per heavy atom. The molecule has 0 radical (unpaired) electrons. The lowest BCUT2D eigenvalue weighted by molar-refractivity contribution is -0.0301. The zero-order valence-electron chi connectivity index (χ0n) is 11.1. The van der Waals surface area contributed by atoms with E-state index in [0.29, 0.717) is 6.54 Å². The summed E-state index contributed by atoms with van der Waals surface area (Å²) in [6.07, 6.45) is 2.92. The first kappa shape index (κ1) is 13.0. The predicted molar refractivity (Wildman–Crippen MR) is 72.4 cm³/mol. The SMILES string of the molecule is Fc1ccccc1CNC[C@H]1CN(C2CC2)CCO1. The molecule has 1 saturated carbocycles. The van der Waals surface area contributed by atoms with Gasteiger partial charge in [-0.15, -0.1) is 0 Å². The van der Waals surface area contributed by atoms with E-state index >= 15 is 0 Å². The second-order valence-electron chi connectivity index (χ2n) is 5.44. The third kappa shape index (κ3) is 3.53. The van der Waals surface area contributed by atoms with Gasteiger partial charge in [-0.3, -0.25) is 4.90 Å². The third-order valence-corrected chi connectivity index (χ3v) is 3.88. The van der Waals surface area contributed by atoms with Crippen LogP contribution >= 0.6 is 0 Å². The smallest absolute Gasteiger partial charge is 0.127 e. The number of halogens is 1.